The molecule has 1 aromatic heterocycles. The van der Waals surface area contributed by atoms with Gasteiger partial charge in [-0.05, 0) is 58.1 Å². The van der Waals surface area contributed by atoms with Crippen molar-refractivity contribution in [3.63, 3.8) is 0 Å². The number of hydrogen-bond donors (Lipinski definition) is 4. The number of hydrazine groups is 1. The number of methoxy groups -OCH3 is 1. The smallest absolute Gasteiger partial charge is 0.139 e. The molecule has 1 aliphatic rings. The summed E-state index contributed by atoms with van der Waals surface area (Å²) in [5, 5.41) is 8.28. The number of ether oxygens (including phenoxy) is 2. The van der Waals surface area contributed by atoms with Crippen LogP contribution in [0.25, 0.3) is 0 Å². The van der Waals surface area contributed by atoms with Gasteiger partial charge in [-0.25, -0.2) is 10.8 Å². The molecule has 2 aromatic carbocycles. The highest BCUT2D eigenvalue weighted by molar-refractivity contribution is 6.11. The van der Waals surface area contributed by atoms with Gasteiger partial charge >= 0.3 is 0 Å². The zero-order valence-electron chi connectivity index (χ0n) is 22.9. The molecule has 0 atom stereocenters. The molecular weight excluding hydrogens is 527 g/mol. The minimum Gasteiger partial charge on any atom is -0.399 e. The number of halogens is 1. The van der Waals surface area contributed by atoms with Crippen molar-refractivity contribution in [1.29, 1.82) is 0 Å². The number of pyridine rings is 1. The van der Waals surface area contributed by atoms with E-state index in [9.17, 15) is 4.53 Å². The number of nitrogens with zero attached hydrogens (tertiary/aromatic N) is 4. The lowest BCUT2D eigenvalue weighted by Crippen LogP contribution is -2.27. The molecule has 0 spiro atoms. The normalized spacial score (nSPS) is 14.2. The summed E-state index contributed by atoms with van der Waals surface area (Å²) in [6.07, 6.45) is 5.58. The Morgan fingerprint density at radius 1 is 1.12 bits per heavy atom. The summed E-state index contributed by atoms with van der Waals surface area (Å²) in [6.45, 7) is 2.13. The molecule has 216 valence electrons. The number of anilines is 3. The van der Waals surface area contributed by atoms with E-state index in [-0.39, 0.29) is 13.2 Å². The largest absolute Gasteiger partial charge is 0.399 e. The maximum Gasteiger partial charge on any atom is 0.139 e. The highest BCUT2D eigenvalue weighted by Crippen LogP contribution is 2.21. The maximum absolute atomic E-state index is 12.1. The molecule has 12 heteroatoms. The fraction of sp³-hybridized carbons (Fsp3) is 0.276. The predicted molar refractivity (Wildman–Crippen MR) is 158 cm³/mol. The molecule has 0 saturated carbocycles. The summed E-state index contributed by atoms with van der Waals surface area (Å²) >= 11 is 0. The van der Waals surface area contributed by atoms with E-state index in [1.807, 2.05) is 42.5 Å². The van der Waals surface area contributed by atoms with Crippen LogP contribution < -0.4 is 22.2 Å². The van der Waals surface area contributed by atoms with E-state index in [0.29, 0.717) is 44.3 Å². The average molecular weight is 563 g/mol. The Labute approximate surface area is 238 Å². The van der Waals surface area contributed by atoms with Gasteiger partial charge < -0.3 is 30.8 Å². The number of hydrogen-bond acceptors (Lipinski definition) is 11. The topological polar surface area (TPSA) is 145 Å². The first-order valence-corrected chi connectivity index (χ1v) is 13.1. The maximum atomic E-state index is 12.1. The minimum absolute atomic E-state index is 0.0783. The van der Waals surface area contributed by atoms with E-state index in [1.54, 1.807) is 31.6 Å². The summed E-state index contributed by atoms with van der Waals surface area (Å²) in [6, 6.07) is 17.2. The third-order valence-electron chi connectivity index (χ3n) is 6.03. The minimum atomic E-state index is -0.0783. The number of nitrogens with one attached hydrogen (secondary N) is 2. The van der Waals surface area contributed by atoms with Gasteiger partial charge in [-0.1, -0.05) is 12.1 Å². The fourth-order valence-corrected chi connectivity index (χ4v) is 4.08. The van der Waals surface area contributed by atoms with Gasteiger partial charge in [0.25, 0.3) is 0 Å². The number of aliphatic imine (C=N–C) groups is 2. The highest BCUT2D eigenvalue weighted by Gasteiger charge is 2.12. The molecule has 1 aliphatic heterocycles. The van der Waals surface area contributed by atoms with Gasteiger partial charge in [0, 0.05) is 42.9 Å². The third kappa shape index (κ3) is 9.36. The number of fused-ring (bicyclic) bond motifs is 1. The van der Waals surface area contributed by atoms with Crippen LogP contribution in [-0.2, 0) is 34.0 Å². The molecule has 4 rings (SSSR count). The van der Waals surface area contributed by atoms with Gasteiger partial charge in [-0.2, -0.15) is 4.94 Å². The lowest BCUT2D eigenvalue weighted by Gasteiger charge is -2.18. The monoisotopic (exact) mass is 562 g/mol. The van der Waals surface area contributed by atoms with Crippen LogP contribution in [0.3, 0.4) is 0 Å². The van der Waals surface area contributed by atoms with Crippen molar-refractivity contribution in [2.24, 2.45) is 21.6 Å². The molecule has 0 aliphatic carbocycles. The van der Waals surface area contributed by atoms with Crippen molar-refractivity contribution < 1.29 is 18.9 Å². The van der Waals surface area contributed by atoms with E-state index < -0.39 is 0 Å². The van der Waals surface area contributed by atoms with Crippen LogP contribution in [0, 0.1) is 0 Å². The quantitative estimate of drug-likeness (QED) is 0.214. The molecule has 41 heavy (non-hydrogen) atoms. The van der Waals surface area contributed by atoms with Crippen LogP contribution in [0.15, 0.2) is 82.7 Å². The lowest BCUT2D eigenvalue weighted by atomic mass is 10.1. The first-order chi connectivity index (χ1) is 20.0. The number of benzene rings is 2. The summed E-state index contributed by atoms with van der Waals surface area (Å²) in [4.78, 5) is 17.3. The first kappa shape index (κ1) is 29.6. The van der Waals surface area contributed by atoms with Crippen LogP contribution in [0.4, 0.5) is 21.6 Å². The zero-order chi connectivity index (χ0) is 28.9. The Hall–Kier alpha value is -4.36. The van der Waals surface area contributed by atoms with Gasteiger partial charge in [0.1, 0.15) is 18.8 Å². The Balaban J connectivity index is 1.55. The van der Waals surface area contributed by atoms with Gasteiger partial charge in [-0.3, -0.25) is 9.98 Å². The number of rotatable bonds is 10. The molecule has 11 nitrogen and oxygen atoms in total. The summed E-state index contributed by atoms with van der Waals surface area (Å²) in [5.74, 6) is 6.76. The summed E-state index contributed by atoms with van der Waals surface area (Å²) in [7, 11) is 1.57. The van der Waals surface area contributed by atoms with E-state index >= 15 is 0 Å². The summed E-state index contributed by atoms with van der Waals surface area (Å²) in [5.41, 5.74) is 12.3. The second-order valence-corrected chi connectivity index (χ2v) is 9.29. The molecule has 0 unspecified atom stereocenters. The average Bonchev–Trinajstić information content (AvgIpc) is 2.95. The van der Waals surface area contributed by atoms with E-state index in [4.69, 9.17) is 26.0 Å². The van der Waals surface area contributed by atoms with Gasteiger partial charge in [-0.15, -0.1) is 0 Å². The molecule has 0 amide bonds. The zero-order valence-corrected chi connectivity index (χ0v) is 22.9. The second-order valence-electron chi connectivity index (χ2n) is 9.29. The standard InChI is InChI=1S/C29H35FN8O3/c1-39-19-24(31)17-38(32)16-22-14-28-27(34-15-22)10-12-40-13-11-33-20-35-29(37-28)23-4-8-26(9-5-23)36-25-6-2-21(3-7-25)18-41-30/h2-9,14-15,17,20,36H,10-13,16,18-19,31-32H2,1H3,(H,33,35,37)/b24-17-. The fourth-order valence-electron chi connectivity index (χ4n) is 4.08. The van der Waals surface area contributed by atoms with Crippen LogP contribution in [-0.4, -0.2) is 55.6 Å². The van der Waals surface area contributed by atoms with Crippen LogP contribution in [0.5, 0.6) is 0 Å². The van der Waals surface area contributed by atoms with Crippen molar-refractivity contribution in [2.75, 3.05) is 44.1 Å². The summed E-state index contributed by atoms with van der Waals surface area (Å²) < 4.78 is 22.8. The molecular formula is C29H35FN8O3. The molecule has 0 saturated heterocycles. The van der Waals surface area contributed by atoms with E-state index in [0.717, 1.165) is 39.4 Å². The first-order valence-electron chi connectivity index (χ1n) is 13.1. The second kappa shape index (κ2) is 15.4. The number of aromatic nitrogens is 1. The molecule has 0 fully saturated rings. The Bertz CT molecular complexity index is 1350. The molecule has 0 bridgehead atoms. The predicted octanol–water partition coefficient (Wildman–Crippen LogP) is 3.81. The SMILES string of the molecule is COC/C(N)=C/N(N)Cc1cnc2c(c1)NC(c1ccc(Nc3ccc(COF)cc3)cc1)=NC=NCCOCC2. The van der Waals surface area contributed by atoms with Crippen molar-refractivity contribution in [3.05, 3.63) is 95.1 Å². The number of amidine groups is 1. The van der Waals surface area contributed by atoms with Crippen LogP contribution >= 0.6 is 0 Å². The van der Waals surface area contributed by atoms with Crippen molar-refractivity contribution >= 4 is 29.2 Å². The van der Waals surface area contributed by atoms with E-state index in [1.165, 1.54) is 11.3 Å². The Kier molecular flexibility index (Phi) is 11.1. The molecule has 2 heterocycles. The van der Waals surface area contributed by atoms with E-state index in [2.05, 4.69) is 25.6 Å². The molecule has 3 aromatic rings. The van der Waals surface area contributed by atoms with Crippen molar-refractivity contribution in [2.45, 2.75) is 19.6 Å². The van der Waals surface area contributed by atoms with Crippen LogP contribution in [0.1, 0.15) is 22.4 Å². The van der Waals surface area contributed by atoms with Gasteiger partial charge in [0.15, 0.2) is 0 Å². The molecule has 0 radical (unpaired) electrons. The third-order valence-corrected chi connectivity index (χ3v) is 6.03. The van der Waals surface area contributed by atoms with Crippen LogP contribution in [0.2, 0.25) is 0 Å². The van der Waals surface area contributed by atoms with Crippen molar-refractivity contribution in [1.82, 2.24) is 9.99 Å². The molecule has 6 N–H and O–H groups in total. The van der Waals surface area contributed by atoms with Crippen molar-refractivity contribution in [3.8, 4) is 0 Å². The van der Waals surface area contributed by atoms with Gasteiger partial charge in [0.05, 0.1) is 50.0 Å². The lowest BCUT2D eigenvalue weighted by molar-refractivity contribution is -0.144. The highest BCUT2D eigenvalue weighted by atomic mass is 19.3. The number of nitrogens with two attached hydrogens (primary N) is 2. The Morgan fingerprint density at radius 2 is 1.88 bits per heavy atom. The van der Waals surface area contributed by atoms with Gasteiger partial charge in [0.2, 0.25) is 0 Å². The Morgan fingerprint density at radius 3 is 2.61 bits per heavy atom.